The van der Waals surface area contributed by atoms with Crippen LogP contribution in [0.25, 0.3) is 5.69 Å². The fraction of sp³-hybridized carbons (Fsp3) is 0.111. The van der Waals surface area contributed by atoms with Gasteiger partial charge in [-0.2, -0.15) is 0 Å². The molecular weight excluding hydrogens is 372 g/mol. The summed E-state index contributed by atoms with van der Waals surface area (Å²) in [5.41, 5.74) is 1.99. The normalized spacial score (nSPS) is 17.7. The lowest BCUT2D eigenvalue weighted by Gasteiger charge is -2.29. The van der Waals surface area contributed by atoms with Crippen LogP contribution in [-0.2, 0) is 0 Å². The fourth-order valence-electron chi connectivity index (χ4n) is 2.88. The highest BCUT2D eigenvalue weighted by Gasteiger charge is 2.29. The summed E-state index contributed by atoms with van der Waals surface area (Å²) in [6.45, 7) is 0. The quantitative estimate of drug-likeness (QED) is 0.608. The molecule has 2 aromatic carbocycles. The molecule has 0 spiro atoms. The molecule has 0 fully saturated rings. The summed E-state index contributed by atoms with van der Waals surface area (Å²) in [7, 11) is 1.77. The number of aliphatic imine (C=N–C) groups is 1. The molecule has 2 heterocycles. The number of anilines is 1. The van der Waals surface area contributed by atoms with Crippen LogP contribution < -0.4 is 10.6 Å². The van der Waals surface area contributed by atoms with Crippen molar-refractivity contribution in [3.63, 3.8) is 0 Å². The zero-order valence-corrected chi connectivity index (χ0v) is 15.8. The molecule has 25 heavy (non-hydrogen) atoms. The molecule has 1 aromatic heterocycles. The Balaban J connectivity index is 1.87. The molecule has 1 aliphatic rings. The number of nitrogens with zero attached hydrogens (tertiary/aromatic N) is 2. The van der Waals surface area contributed by atoms with E-state index in [2.05, 4.69) is 15.6 Å². The summed E-state index contributed by atoms with van der Waals surface area (Å²) in [5, 5.41) is 7.65. The number of aromatic nitrogens is 1. The van der Waals surface area contributed by atoms with E-state index in [0.717, 1.165) is 31.7 Å². The summed E-state index contributed by atoms with van der Waals surface area (Å²) in [5.74, 6) is 1.75. The molecule has 126 valence electrons. The first-order valence-corrected chi connectivity index (χ1v) is 9.35. The molecule has 3 aromatic rings. The molecule has 0 aliphatic carbocycles. The highest BCUT2D eigenvalue weighted by Crippen LogP contribution is 2.35. The Bertz CT molecular complexity index is 1010. The molecule has 1 atom stereocenters. The average molecular weight is 387 g/mol. The molecule has 1 aliphatic heterocycles. The highest BCUT2D eigenvalue weighted by atomic mass is 35.5. The Kier molecular flexibility index (Phi) is 4.33. The van der Waals surface area contributed by atoms with Crippen LogP contribution in [0.4, 0.5) is 5.82 Å². The van der Waals surface area contributed by atoms with Crippen LogP contribution in [0.3, 0.4) is 0 Å². The van der Waals surface area contributed by atoms with Gasteiger partial charge in [0.15, 0.2) is 3.95 Å². The third kappa shape index (κ3) is 2.86. The Labute approximate surface area is 159 Å². The summed E-state index contributed by atoms with van der Waals surface area (Å²) >= 11 is 13.5. The first-order valence-electron chi connectivity index (χ1n) is 7.75. The number of hydrogen-bond donors (Lipinski definition) is 2. The zero-order chi connectivity index (χ0) is 17.4. The first-order chi connectivity index (χ1) is 12.2. The highest BCUT2D eigenvalue weighted by molar-refractivity contribution is 7.73. The van der Waals surface area contributed by atoms with Gasteiger partial charge in [-0.15, -0.1) is 0 Å². The maximum Gasteiger partial charge on any atom is 0.168 e. The summed E-state index contributed by atoms with van der Waals surface area (Å²) in [4.78, 5) is 5.42. The topological polar surface area (TPSA) is 41.4 Å². The monoisotopic (exact) mass is 386 g/mol. The minimum absolute atomic E-state index is 0.182. The van der Waals surface area contributed by atoms with Gasteiger partial charge in [0.1, 0.15) is 22.7 Å². The van der Waals surface area contributed by atoms with Crippen molar-refractivity contribution in [1.29, 1.82) is 0 Å². The van der Waals surface area contributed by atoms with Crippen molar-refractivity contribution >= 4 is 46.8 Å². The van der Waals surface area contributed by atoms with E-state index in [1.54, 1.807) is 7.05 Å². The van der Waals surface area contributed by atoms with E-state index in [-0.39, 0.29) is 6.17 Å². The van der Waals surface area contributed by atoms with Gasteiger partial charge in [-0.1, -0.05) is 59.3 Å². The van der Waals surface area contributed by atoms with Gasteiger partial charge in [0.05, 0.1) is 0 Å². The van der Waals surface area contributed by atoms with Gasteiger partial charge in [-0.05, 0) is 30.4 Å². The second-order valence-electron chi connectivity index (χ2n) is 5.53. The van der Waals surface area contributed by atoms with Crippen LogP contribution in [0.2, 0.25) is 5.02 Å². The van der Waals surface area contributed by atoms with E-state index in [0.29, 0.717) is 5.02 Å². The van der Waals surface area contributed by atoms with E-state index in [1.165, 1.54) is 11.3 Å². The number of para-hydroxylation sites is 1. The molecule has 0 radical (unpaired) electrons. The van der Waals surface area contributed by atoms with Crippen molar-refractivity contribution in [1.82, 2.24) is 9.88 Å². The Hall–Kier alpha value is -2.15. The van der Waals surface area contributed by atoms with E-state index < -0.39 is 0 Å². The third-order valence-corrected chi connectivity index (χ3v) is 5.77. The predicted octanol–water partition coefficient (Wildman–Crippen LogP) is 5.01. The van der Waals surface area contributed by atoms with Crippen molar-refractivity contribution < 1.29 is 0 Å². The summed E-state index contributed by atoms with van der Waals surface area (Å²) < 4.78 is 2.82. The largest absolute Gasteiger partial charge is 0.346 e. The van der Waals surface area contributed by atoms with Gasteiger partial charge in [0.25, 0.3) is 0 Å². The summed E-state index contributed by atoms with van der Waals surface area (Å²) in [6.07, 6.45) is -0.182. The number of halogens is 1. The Morgan fingerprint density at radius 3 is 2.52 bits per heavy atom. The van der Waals surface area contributed by atoms with Gasteiger partial charge in [0, 0.05) is 23.3 Å². The smallest absolute Gasteiger partial charge is 0.168 e. The maximum absolute atomic E-state index is 6.39. The van der Waals surface area contributed by atoms with Crippen LogP contribution in [-0.4, -0.2) is 17.5 Å². The predicted molar refractivity (Wildman–Crippen MR) is 108 cm³/mol. The molecule has 0 bridgehead atoms. The number of fused-ring (bicyclic) bond motifs is 1. The fourth-order valence-corrected chi connectivity index (χ4v) is 4.53. The van der Waals surface area contributed by atoms with Gasteiger partial charge < -0.3 is 10.6 Å². The zero-order valence-electron chi connectivity index (χ0n) is 13.4. The first kappa shape index (κ1) is 16.3. The van der Waals surface area contributed by atoms with Crippen molar-refractivity contribution in [3.05, 3.63) is 74.0 Å². The van der Waals surface area contributed by atoms with Gasteiger partial charge >= 0.3 is 0 Å². The Morgan fingerprint density at radius 1 is 1.08 bits per heavy atom. The van der Waals surface area contributed by atoms with Crippen LogP contribution in [0, 0.1) is 3.95 Å². The Morgan fingerprint density at radius 2 is 1.80 bits per heavy atom. The molecule has 1 unspecified atom stereocenters. The van der Waals surface area contributed by atoms with Crippen LogP contribution in [0.5, 0.6) is 0 Å². The number of thiazole rings is 1. The van der Waals surface area contributed by atoms with E-state index in [9.17, 15) is 0 Å². The molecule has 7 heteroatoms. The van der Waals surface area contributed by atoms with Crippen molar-refractivity contribution in [2.75, 3.05) is 12.4 Å². The van der Waals surface area contributed by atoms with Gasteiger partial charge in [-0.25, -0.2) is 0 Å². The summed E-state index contributed by atoms with van der Waals surface area (Å²) in [6, 6.07) is 17.9. The van der Waals surface area contributed by atoms with Gasteiger partial charge in [0.2, 0.25) is 0 Å². The van der Waals surface area contributed by atoms with Crippen LogP contribution in [0.15, 0.2) is 59.6 Å². The molecule has 0 saturated carbocycles. The van der Waals surface area contributed by atoms with E-state index >= 15 is 0 Å². The maximum atomic E-state index is 6.39. The number of rotatable bonds is 2. The van der Waals surface area contributed by atoms with Crippen LogP contribution in [0.1, 0.15) is 16.6 Å². The number of nitrogens with one attached hydrogen (secondary N) is 2. The van der Waals surface area contributed by atoms with Crippen molar-refractivity contribution in [2.24, 2.45) is 4.99 Å². The lowest BCUT2D eigenvalue weighted by Crippen LogP contribution is -2.39. The van der Waals surface area contributed by atoms with E-state index in [1.807, 2.05) is 59.2 Å². The van der Waals surface area contributed by atoms with Crippen molar-refractivity contribution in [2.45, 2.75) is 6.17 Å². The van der Waals surface area contributed by atoms with Crippen molar-refractivity contribution in [3.8, 4) is 5.69 Å². The van der Waals surface area contributed by atoms with E-state index in [4.69, 9.17) is 23.8 Å². The number of hydrogen-bond acceptors (Lipinski definition) is 4. The molecule has 4 rings (SSSR count). The van der Waals surface area contributed by atoms with Crippen LogP contribution >= 0.6 is 35.2 Å². The number of amidine groups is 1. The lowest BCUT2D eigenvalue weighted by atomic mass is 10.1. The molecule has 4 nitrogen and oxygen atoms in total. The average Bonchev–Trinajstić information content (AvgIpc) is 2.98. The second kappa shape index (κ2) is 6.63. The molecule has 0 amide bonds. The molecule has 0 saturated heterocycles. The molecular formula is C18H15ClN4S2. The SMILES string of the molecule is CN=C1NC(c2ccccc2Cl)Nc2c1sc(=S)n2-c1ccccc1. The third-order valence-electron chi connectivity index (χ3n) is 4.04. The minimum atomic E-state index is -0.182. The molecule has 2 N–H and O–H groups in total. The second-order valence-corrected chi connectivity index (χ2v) is 7.58. The van der Waals surface area contributed by atoms with Gasteiger partial charge in [-0.3, -0.25) is 9.56 Å². The number of benzene rings is 2. The lowest BCUT2D eigenvalue weighted by molar-refractivity contribution is 0.711. The minimum Gasteiger partial charge on any atom is -0.346 e. The standard InChI is InChI=1S/C18H15ClN4S2/c1-20-16-14-17(22-15(21-16)12-9-5-6-10-13(12)19)23(18(24)25-14)11-7-3-2-4-8-11/h2-10,15,22H,1H3,(H,20,21).